The summed E-state index contributed by atoms with van der Waals surface area (Å²) in [5, 5.41) is 0.0862. The third kappa shape index (κ3) is 3.49. The summed E-state index contributed by atoms with van der Waals surface area (Å²) in [6, 6.07) is 8.78. The van der Waals surface area contributed by atoms with E-state index in [1.54, 1.807) is 0 Å². The van der Waals surface area contributed by atoms with Crippen LogP contribution in [0.3, 0.4) is 0 Å². The zero-order valence-corrected chi connectivity index (χ0v) is 12.3. The van der Waals surface area contributed by atoms with E-state index in [0.29, 0.717) is 17.9 Å². The summed E-state index contributed by atoms with van der Waals surface area (Å²) in [5.41, 5.74) is 2.63. The van der Waals surface area contributed by atoms with Crippen molar-refractivity contribution in [2.45, 2.75) is 45.1 Å². The Morgan fingerprint density at radius 2 is 1.94 bits per heavy atom. The molecule has 1 aliphatic rings. The molecule has 0 aromatic heterocycles. The maximum atomic E-state index is 6.56. The molecule has 1 fully saturated rings. The third-order valence-electron chi connectivity index (χ3n) is 3.59. The Hall–Kier alpha value is -0.530. The lowest BCUT2D eigenvalue weighted by Gasteiger charge is -2.16. The molecule has 0 N–H and O–H groups in total. The predicted octanol–water partition coefficient (Wildman–Crippen LogP) is 4.59. The van der Waals surface area contributed by atoms with E-state index in [2.05, 4.69) is 45.0 Å². The Labute approximate surface area is 115 Å². The van der Waals surface area contributed by atoms with Crippen LogP contribution in [0, 0.1) is 11.8 Å². The van der Waals surface area contributed by atoms with Crippen molar-refractivity contribution < 1.29 is 4.74 Å². The number of rotatable bonds is 4. The molecule has 3 atom stereocenters. The minimum atomic E-state index is 0.0862. The number of hydrogen-bond donors (Lipinski definition) is 0. The zero-order chi connectivity index (χ0) is 13.1. The minimum Gasteiger partial charge on any atom is -0.378 e. The smallest absolute Gasteiger partial charge is 0.0636 e. The zero-order valence-electron chi connectivity index (χ0n) is 11.5. The lowest BCUT2D eigenvalue weighted by Crippen LogP contribution is -2.08. The van der Waals surface area contributed by atoms with Gasteiger partial charge in [-0.25, -0.2) is 0 Å². The standard InChI is InChI=1S/C16H23ClO/c1-11(2)8-13-4-6-14(7-5-13)16(17)15-9-12(3)18-10-15/h4-7,11-12,15-16H,8-10H2,1-3H3. The van der Waals surface area contributed by atoms with Crippen molar-refractivity contribution in [2.75, 3.05) is 6.61 Å². The molecule has 2 heteroatoms. The number of halogens is 1. The van der Waals surface area contributed by atoms with Gasteiger partial charge >= 0.3 is 0 Å². The van der Waals surface area contributed by atoms with Crippen LogP contribution >= 0.6 is 11.6 Å². The fourth-order valence-electron chi connectivity index (χ4n) is 2.64. The molecule has 2 rings (SSSR count). The highest BCUT2D eigenvalue weighted by molar-refractivity contribution is 6.21. The van der Waals surface area contributed by atoms with Crippen molar-refractivity contribution in [1.82, 2.24) is 0 Å². The van der Waals surface area contributed by atoms with Gasteiger partial charge in [-0.2, -0.15) is 0 Å². The van der Waals surface area contributed by atoms with E-state index >= 15 is 0 Å². The Kier molecular flexibility index (Phi) is 4.69. The van der Waals surface area contributed by atoms with Gasteiger partial charge in [0.05, 0.1) is 18.1 Å². The highest BCUT2D eigenvalue weighted by atomic mass is 35.5. The van der Waals surface area contributed by atoms with Crippen LogP contribution in [0.15, 0.2) is 24.3 Å². The first-order valence-electron chi connectivity index (χ1n) is 6.90. The van der Waals surface area contributed by atoms with Gasteiger partial charge in [-0.05, 0) is 36.8 Å². The molecule has 1 saturated heterocycles. The Morgan fingerprint density at radius 3 is 2.44 bits per heavy atom. The average molecular weight is 267 g/mol. The molecule has 0 spiro atoms. The van der Waals surface area contributed by atoms with E-state index in [1.165, 1.54) is 11.1 Å². The van der Waals surface area contributed by atoms with E-state index < -0.39 is 0 Å². The highest BCUT2D eigenvalue weighted by Crippen LogP contribution is 2.36. The van der Waals surface area contributed by atoms with Crippen LogP contribution in [0.2, 0.25) is 0 Å². The third-order valence-corrected chi connectivity index (χ3v) is 4.19. The predicted molar refractivity (Wildman–Crippen MR) is 77.1 cm³/mol. The summed E-state index contributed by atoms with van der Waals surface area (Å²) in [5.74, 6) is 1.16. The first-order valence-corrected chi connectivity index (χ1v) is 7.34. The van der Waals surface area contributed by atoms with E-state index in [1.807, 2.05) is 0 Å². The van der Waals surface area contributed by atoms with E-state index in [-0.39, 0.29) is 5.38 Å². The molecule has 1 aromatic rings. The molecule has 0 saturated carbocycles. The van der Waals surface area contributed by atoms with Crippen LogP contribution in [0.25, 0.3) is 0 Å². The van der Waals surface area contributed by atoms with Gasteiger partial charge in [0.25, 0.3) is 0 Å². The largest absolute Gasteiger partial charge is 0.378 e. The van der Waals surface area contributed by atoms with Crippen LogP contribution in [0.5, 0.6) is 0 Å². The van der Waals surface area contributed by atoms with Crippen LogP contribution < -0.4 is 0 Å². The molecule has 0 radical (unpaired) electrons. The summed E-state index contributed by atoms with van der Waals surface area (Å²) in [7, 11) is 0. The van der Waals surface area contributed by atoms with Crippen molar-refractivity contribution in [3.63, 3.8) is 0 Å². The summed E-state index contributed by atoms with van der Waals surface area (Å²) in [6.07, 6.45) is 2.56. The van der Waals surface area contributed by atoms with Crippen LogP contribution in [0.1, 0.15) is 43.7 Å². The van der Waals surface area contributed by atoms with Gasteiger partial charge in [0.15, 0.2) is 0 Å². The molecule has 1 heterocycles. The number of benzene rings is 1. The normalized spacial score (nSPS) is 25.6. The van der Waals surface area contributed by atoms with Crippen LogP contribution in [-0.2, 0) is 11.2 Å². The molecule has 1 aromatic carbocycles. The number of ether oxygens (including phenoxy) is 1. The monoisotopic (exact) mass is 266 g/mol. The maximum absolute atomic E-state index is 6.56. The summed E-state index contributed by atoms with van der Waals surface area (Å²) in [4.78, 5) is 0. The second-order valence-electron chi connectivity index (χ2n) is 5.88. The summed E-state index contributed by atoms with van der Waals surface area (Å²) in [6.45, 7) is 7.41. The van der Waals surface area contributed by atoms with E-state index in [9.17, 15) is 0 Å². The van der Waals surface area contributed by atoms with Crippen molar-refractivity contribution in [1.29, 1.82) is 0 Å². The average Bonchev–Trinajstić information content (AvgIpc) is 2.75. The quantitative estimate of drug-likeness (QED) is 0.725. The van der Waals surface area contributed by atoms with Crippen LogP contribution in [0.4, 0.5) is 0 Å². The Morgan fingerprint density at radius 1 is 1.28 bits per heavy atom. The molecule has 1 aliphatic heterocycles. The van der Waals surface area contributed by atoms with Crippen molar-refractivity contribution in [2.24, 2.45) is 11.8 Å². The van der Waals surface area contributed by atoms with Gasteiger partial charge in [-0.3, -0.25) is 0 Å². The second kappa shape index (κ2) is 6.08. The maximum Gasteiger partial charge on any atom is 0.0636 e. The van der Waals surface area contributed by atoms with Gasteiger partial charge in [0.2, 0.25) is 0 Å². The van der Waals surface area contributed by atoms with E-state index in [4.69, 9.17) is 16.3 Å². The Bertz CT molecular complexity index is 371. The van der Waals surface area contributed by atoms with Gasteiger partial charge < -0.3 is 4.74 Å². The first kappa shape index (κ1) is 13.9. The van der Waals surface area contributed by atoms with Gasteiger partial charge in [0.1, 0.15) is 0 Å². The molecular weight excluding hydrogens is 244 g/mol. The van der Waals surface area contributed by atoms with Gasteiger partial charge in [-0.1, -0.05) is 38.1 Å². The molecule has 18 heavy (non-hydrogen) atoms. The fraction of sp³-hybridized carbons (Fsp3) is 0.625. The molecule has 100 valence electrons. The number of hydrogen-bond acceptors (Lipinski definition) is 1. The molecule has 1 nitrogen and oxygen atoms in total. The molecule has 0 bridgehead atoms. The fourth-order valence-corrected chi connectivity index (χ4v) is 2.96. The number of alkyl halides is 1. The van der Waals surface area contributed by atoms with E-state index in [0.717, 1.165) is 19.4 Å². The summed E-state index contributed by atoms with van der Waals surface area (Å²) < 4.78 is 5.60. The van der Waals surface area contributed by atoms with Gasteiger partial charge in [0, 0.05) is 5.92 Å². The van der Waals surface area contributed by atoms with Crippen molar-refractivity contribution in [3.8, 4) is 0 Å². The topological polar surface area (TPSA) is 9.23 Å². The second-order valence-corrected chi connectivity index (χ2v) is 6.35. The summed E-state index contributed by atoms with van der Waals surface area (Å²) >= 11 is 6.56. The lowest BCUT2D eigenvalue weighted by molar-refractivity contribution is 0.120. The first-order chi connectivity index (χ1) is 8.56. The molecule has 0 aliphatic carbocycles. The van der Waals surface area contributed by atoms with Crippen molar-refractivity contribution in [3.05, 3.63) is 35.4 Å². The molecular formula is C16H23ClO. The minimum absolute atomic E-state index is 0.0862. The molecule has 3 unspecified atom stereocenters. The van der Waals surface area contributed by atoms with Gasteiger partial charge in [-0.15, -0.1) is 11.6 Å². The molecule has 0 amide bonds. The SMILES string of the molecule is CC(C)Cc1ccc(C(Cl)C2COC(C)C2)cc1. The Balaban J connectivity index is 2.00. The lowest BCUT2D eigenvalue weighted by atomic mass is 9.94. The van der Waals surface area contributed by atoms with Crippen LogP contribution in [-0.4, -0.2) is 12.7 Å². The highest BCUT2D eigenvalue weighted by Gasteiger charge is 2.29. The van der Waals surface area contributed by atoms with Crippen molar-refractivity contribution >= 4 is 11.6 Å².